The van der Waals surface area contributed by atoms with Gasteiger partial charge in [0.15, 0.2) is 0 Å². The van der Waals surface area contributed by atoms with Gasteiger partial charge in [-0.05, 0) is 32.9 Å². The second kappa shape index (κ2) is 8.98. The number of anilines is 1. The molecule has 0 aliphatic carbocycles. The van der Waals surface area contributed by atoms with Gasteiger partial charge in [0.2, 0.25) is 0 Å². The molecule has 1 unspecified atom stereocenters. The van der Waals surface area contributed by atoms with Crippen LogP contribution in [0.1, 0.15) is 20.8 Å². The first kappa shape index (κ1) is 21.9. The lowest BCUT2D eigenvalue weighted by Gasteiger charge is -2.21. The molecule has 2 N–H and O–H groups in total. The second-order valence-corrected chi connectivity index (χ2v) is 6.12. The molecule has 1 heterocycles. The predicted molar refractivity (Wildman–Crippen MR) is 112 cm³/mol. The van der Waals surface area contributed by atoms with Crippen LogP contribution in [0.3, 0.4) is 0 Å². The number of nitrogens with one attached hydrogen (secondary N) is 2. The number of nitrogens with zero attached hydrogens (tertiary/aromatic N) is 2. The van der Waals surface area contributed by atoms with Gasteiger partial charge in [-0.15, -0.1) is 24.8 Å². The van der Waals surface area contributed by atoms with E-state index in [-0.39, 0.29) is 41.6 Å². The topological polar surface area (TPSA) is 80.1 Å². The minimum Gasteiger partial charge on any atom is -0.369 e. The summed E-state index contributed by atoms with van der Waals surface area (Å²) in [5, 5.41) is 19.7. The molecule has 26 heavy (non-hydrogen) atoms. The van der Waals surface area contributed by atoms with Crippen molar-refractivity contribution in [3.8, 4) is 0 Å². The van der Waals surface area contributed by atoms with Crippen LogP contribution in [0.2, 0.25) is 0 Å². The van der Waals surface area contributed by atoms with Gasteiger partial charge in [-0.25, -0.2) is 4.98 Å². The quantitative estimate of drug-likeness (QED) is 0.277. The van der Waals surface area contributed by atoms with Crippen LogP contribution >= 0.6 is 24.8 Å². The number of para-hydroxylation sites is 1. The van der Waals surface area contributed by atoms with Gasteiger partial charge in [0.25, 0.3) is 5.69 Å². The van der Waals surface area contributed by atoms with Gasteiger partial charge in [-0.2, -0.15) is 0 Å². The van der Waals surface area contributed by atoms with Gasteiger partial charge >= 0.3 is 0 Å². The van der Waals surface area contributed by atoms with Crippen molar-refractivity contribution in [3.05, 3.63) is 52.6 Å². The molecule has 0 aliphatic heterocycles. The van der Waals surface area contributed by atoms with E-state index in [1.807, 2.05) is 31.2 Å². The third-order valence-electron chi connectivity index (χ3n) is 3.83. The molecule has 0 spiro atoms. The highest BCUT2D eigenvalue weighted by molar-refractivity contribution is 6.11. The maximum Gasteiger partial charge on any atom is 0.280 e. The Balaban J connectivity index is 0.00000169. The van der Waals surface area contributed by atoms with Crippen LogP contribution in [0.5, 0.6) is 0 Å². The zero-order valence-electron chi connectivity index (χ0n) is 14.7. The second-order valence-electron chi connectivity index (χ2n) is 6.12. The summed E-state index contributed by atoms with van der Waals surface area (Å²) in [6, 6.07) is 13.0. The minimum atomic E-state index is -0.357. The molecule has 1 aromatic heterocycles. The van der Waals surface area contributed by atoms with Crippen molar-refractivity contribution in [2.24, 2.45) is 0 Å². The highest BCUT2D eigenvalue weighted by Crippen LogP contribution is 2.36. The van der Waals surface area contributed by atoms with Crippen LogP contribution in [-0.4, -0.2) is 22.1 Å². The lowest BCUT2D eigenvalue weighted by atomic mass is 10.1. The fourth-order valence-corrected chi connectivity index (χ4v) is 2.98. The standard InChI is InChI=1S/C18H20N4O2.2ClH/c1-11(2)19-12(3)20-18-13-7-4-5-8-14(13)21-15-9-6-10-16(17(15)18)22(23)24;;/h4-12,19H,1-3H3,(H,20,21);2*1H. The largest absolute Gasteiger partial charge is 0.369 e. The fraction of sp³-hybridized carbons (Fsp3) is 0.278. The van der Waals surface area contributed by atoms with Crippen LogP contribution in [0.15, 0.2) is 42.5 Å². The molecule has 0 aliphatic rings. The number of benzene rings is 2. The normalized spacial score (nSPS) is 11.7. The van der Waals surface area contributed by atoms with Gasteiger partial charge in [-0.1, -0.05) is 24.3 Å². The minimum absolute atomic E-state index is 0. The summed E-state index contributed by atoms with van der Waals surface area (Å²) in [7, 11) is 0. The van der Waals surface area contributed by atoms with Crippen LogP contribution in [0.4, 0.5) is 11.4 Å². The highest BCUT2D eigenvalue weighted by Gasteiger charge is 2.20. The lowest BCUT2D eigenvalue weighted by Crippen LogP contribution is -2.38. The van der Waals surface area contributed by atoms with Crippen LogP contribution < -0.4 is 10.6 Å². The molecule has 0 radical (unpaired) electrons. The first-order valence-corrected chi connectivity index (χ1v) is 7.96. The molecule has 8 heteroatoms. The summed E-state index contributed by atoms with van der Waals surface area (Å²) in [5.41, 5.74) is 2.22. The number of aromatic nitrogens is 1. The molecule has 0 fully saturated rings. The lowest BCUT2D eigenvalue weighted by molar-refractivity contribution is -0.383. The molecule has 0 saturated carbocycles. The number of fused-ring (bicyclic) bond motifs is 2. The Morgan fingerprint density at radius 2 is 1.65 bits per heavy atom. The van der Waals surface area contributed by atoms with E-state index in [2.05, 4.69) is 29.5 Å². The van der Waals surface area contributed by atoms with E-state index < -0.39 is 0 Å². The van der Waals surface area contributed by atoms with Crippen molar-refractivity contribution < 1.29 is 4.92 Å². The molecule has 0 bridgehead atoms. The number of halogens is 2. The average Bonchev–Trinajstić information content (AvgIpc) is 2.53. The van der Waals surface area contributed by atoms with Crippen molar-refractivity contribution in [2.75, 3.05) is 5.32 Å². The number of nitro benzene ring substituents is 1. The Morgan fingerprint density at radius 3 is 2.31 bits per heavy atom. The van der Waals surface area contributed by atoms with E-state index in [0.29, 0.717) is 16.9 Å². The first-order chi connectivity index (χ1) is 11.5. The van der Waals surface area contributed by atoms with Gasteiger partial charge in [0, 0.05) is 17.5 Å². The fourth-order valence-electron chi connectivity index (χ4n) is 2.98. The van der Waals surface area contributed by atoms with Crippen molar-refractivity contribution in [3.63, 3.8) is 0 Å². The Morgan fingerprint density at radius 1 is 1.00 bits per heavy atom. The van der Waals surface area contributed by atoms with Gasteiger partial charge < -0.3 is 5.32 Å². The number of hydrogen-bond acceptors (Lipinski definition) is 5. The highest BCUT2D eigenvalue weighted by atomic mass is 35.5. The summed E-state index contributed by atoms with van der Waals surface area (Å²) in [5.74, 6) is 0. The van der Waals surface area contributed by atoms with E-state index >= 15 is 0 Å². The molecule has 1 atom stereocenters. The summed E-state index contributed by atoms with van der Waals surface area (Å²) < 4.78 is 0. The molecular weight excluding hydrogens is 375 g/mol. The zero-order valence-corrected chi connectivity index (χ0v) is 16.4. The number of nitro groups is 1. The van der Waals surface area contributed by atoms with E-state index in [1.54, 1.807) is 12.1 Å². The summed E-state index contributed by atoms with van der Waals surface area (Å²) in [4.78, 5) is 15.7. The van der Waals surface area contributed by atoms with Crippen LogP contribution in [0.25, 0.3) is 21.8 Å². The Hall–Kier alpha value is -2.15. The number of hydrogen-bond donors (Lipinski definition) is 2. The SMILES string of the molecule is CC(C)NC(C)Nc1c2ccccc2nc2cccc([N+](=O)[O-])c12.Cl.Cl. The molecule has 3 rings (SSSR count). The van der Waals surface area contributed by atoms with E-state index in [1.165, 1.54) is 6.07 Å². The molecule has 0 saturated heterocycles. The van der Waals surface area contributed by atoms with Crippen molar-refractivity contribution >= 4 is 58.0 Å². The maximum atomic E-state index is 11.5. The zero-order chi connectivity index (χ0) is 17.3. The van der Waals surface area contributed by atoms with Gasteiger partial charge in [0.05, 0.1) is 27.8 Å². The molecule has 3 aromatic rings. The molecule has 140 valence electrons. The third-order valence-corrected chi connectivity index (χ3v) is 3.83. The maximum absolute atomic E-state index is 11.5. The van der Waals surface area contributed by atoms with Crippen molar-refractivity contribution in [1.82, 2.24) is 10.3 Å². The van der Waals surface area contributed by atoms with E-state index in [4.69, 9.17) is 0 Å². The van der Waals surface area contributed by atoms with Crippen LogP contribution in [-0.2, 0) is 0 Å². The summed E-state index contributed by atoms with van der Waals surface area (Å²) >= 11 is 0. The summed E-state index contributed by atoms with van der Waals surface area (Å²) in [6.45, 7) is 6.11. The predicted octanol–water partition coefficient (Wildman–Crippen LogP) is 4.90. The first-order valence-electron chi connectivity index (χ1n) is 7.96. The van der Waals surface area contributed by atoms with Gasteiger partial charge in [-0.3, -0.25) is 15.4 Å². The monoisotopic (exact) mass is 396 g/mol. The molecule has 2 aromatic carbocycles. The third kappa shape index (κ3) is 4.33. The van der Waals surface area contributed by atoms with Crippen molar-refractivity contribution in [2.45, 2.75) is 33.0 Å². The van der Waals surface area contributed by atoms with Gasteiger partial charge in [0.1, 0.15) is 5.39 Å². The molecular formula is C18H22Cl2N4O2. The van der Waals surface area contributed by atoms with E-state index in [9.17, 15) is 10.1 Å². The van der Waals surface area contributed by atoms with Crippen molar-refractivity contribution in [1.29, 1.82) is 0 Å². The summed E-state index contributed by atoms with van der Waals surface area (Å²) in [6.07, 6.45) is -0.0428. The average molecular weight is 397 g/mol. The number of rotatable bonds is 5. The molecule has 0 amide bonds. The Labute approximate surface area is 164 Å². The van der Waals surface area contributed by atoms with Crippen LogP contribution in [0, 0.1) is 10.1 Å². The smallest absolute Gasteiger partial charge is 0.280 e. The van der Waals surface area contributed by atoms with E-state index in [0.717, 1.165) is 16.6 Å². The number of non-ortho nitro benzene ring substituents is 1. The molecule has 6 nitrogen and oxygen atoms in total. The Kier molecular flexibility index (Phi) is 7.56. The Bertz CT molecular complexity index is 918. The number of pyridine rings is 1.